The van der Waals surface area contributed by atoms with Crippen molar-refractivity contribution in [3.8, 4) is 0 Å². The molecule has 45 heavy (non-hydrogen) atoms. The van der Waals surface area contributed by atoms with E-state index in [1.165, 1.54) is 18.7 Å². The van der Waals surface area contributed by atoms with Gasteiger partial charge in [-0.05, 0) is 24.5 Å². The summed E-state index contributed by atoms with van der Waals surface area (Å²) in [6, 6.07) is 5.44. The van der Waals surface area contributed by atoms with Crippen LogP contribution in [0.3, 0.4) is 0 Å². The maximum Gasteiger partial charge on any atom is 0.186 e. The molecule has 2 heterocycles. The van der Waals surface area contributed by atoms with Gasteiger partial charge in [-0.2, -0.15) is 0 Å². The van der Waals surface area contributed by atoms with Crippen LogP contribution < -0.4 is 10.6 Å². The van der Waals surface area contributed by atoms with Crippen LogP contribution in [0.2, 0.25) is 0 Å². The van der Waals surface area contributed by atoms with E-state index < -0.39 is 51.8 Å². The SMILES string of the molecule is CC.CC.CC.CC.CC.CSc1c(F)c(F)c(NC2CN(C3=C4C=C(Cl)C(c5ccccc5F)=CC4N=CN3)C2)c(F)c1F. The third-order valence-electron chi connectivity index (χ3n) is 6.03. The molecule has 252 valence electrons. The molecule has 0 bridgehead atoms. The predicted octanol–water partition coefficient (Wildman–Crippen LogP) is 10.8. The lowest BCUT2D eigenvalue weighted by Crippen LogP contribution is -2.57. The first-order chi connectivity index (χ1) is 21.8. The molecule has 0 amide bonds. The second-order valence-corrected chi connectivity index (χ2v) is 9.36. The number of thioether (sulfide) groups is 1. The van der Waals surface area contributed by atoms with Crippen molar-refractivity contribution in [3.05, 3.63) is 87.5 Å². The Kier molecular flexibility index (Phi) is 20.3. The lowest BCUT2D eigenvalue weighted by molar-refractivity contribution is 0.202. The van der Waals surface area contributed by atoms with Gasteiger partial charge in [-0.1, -0.05) is 99.0 Å². The summed E-state index contributed by atoms with van der Waals surface area (Å²) in [5.41, 5.74) is 0.820. The van der Waals surface area contributed by atoms with E-state index in [-0.39, 0.29) is 0 Å². The van der Waals surface area contributed by atoms with Gasteiger partial charge in [0.15, 0.2) is 23.3 Å². The zero-order valence-corrected chi connectivity index (χ0v) is 29.8. The maximum atomic E-state index is 14.4. The van der Waals surface area contributed by atoms with E-state index in [4.69, 9.17) is 11.6 Å². The van der Waals surface area contributed by atoms with Crippen LogP contribution >= 0.6 is 23.4 Å². The monoisotopic (exact) mass is 674 g/mol. The minimum atomic E-state index is -1.45. The van der Waals surface area contributed by atoms with E-state index in [2.05, 4.69) is 15.6 Å². The van der Waals surface area contributed by atoms with E-state index in [0.29, 0.717) is 46.8 Å². The Morgan fingerprint density at radius 2 is 1.38 bits per heavy atom. The van der Waals surface area contributed by atoms with Crippen LogP contribution in [-0.2, 0) is 0 Å². The Balaban J connectivity index is 0.00000177. The summed E-state index contributed by atoms with van der Waals surface area (Å²) in [5, 5.41) is 5.97. The molecular formula is C34H48ClF5N4S. The smallest absolute Gasteiger partial charge is 0.186 e. The summed E-state index contributed by atoms with van der Waals surface area (Å²) >= 11 is 7.08. The number of nitrogens with zero attached hydrogens (tertiary/aromatic N) is 2. The van der Waals surface area contributed by atoms with Crippen LogP contribution in [0, 0.1) is 29.1 Å². The van der Waals surface area contributed by atoms with Crippen molar-refractivity contribution >= 4 is 41.0 Å². The Morgan fingerprint density at radius 1 is 0.844 bits per heavy atom. The lowest BCUT2D eigenvalue weighted by Gasteiger charge is -2.44. The van der Waals surface area contributed by atoms with Crippen molar-refractivity contribution in [1.82, 2.24) is 10.2 Å². The third kappa shape index (κ3) is 9.75. The lowest BCUT2D eigenvalue weighted by atomic mass is 9.91. The first-order valence-corrected chi connectivity index (χ1v) is 17.2. The molecule has 1 unspecified atom stereocenters. The second-order valence-electron chi connectivity index (χ2n) is 8.13. The van der Waals surface area contributed by atoms with Gasteiger partial charge < -0.3 is 15.5 Å². The second kappa shape index (κ2) is 21.7. The number of nitrogens with one attached hydrogen (secondary N) is 2. The van der Waals surface area contributed by atoms with Gasteiger partial charge in [0.25, 0.3) is 0 Å². The van der Waals surface area contributed by atoms with Crippen molar-refractivity contribution < 1.29 is 22.0 Å². The fraction of sp³-hybridized carbons (Fsp3) is 0.441. The van der Waals surface area contributed by atoms with Crippen LogP contribution in [0.4, 0.5) is 27.6 Å². The standard InChI is InChI=1S/C24H18ClF5N4S.5C2H6/c1-35-23-20(29)18(27)22(19(28)21(23)30)33-11-8-34(9-11)24-14-6-15(25)13(7-17(14)31-10-32-24)12-4-2-3-5-16(12)26;5*1-2/h2-7,10-11,17,33H,8-9H2,1H3,(H,31,32);5*1-2H3. The van der Waals surface area contributed by atoms with Gasteiger partial charge in [0.05, 0.1) is 23.3 Å². The molecule has 2 aromatic rings. The molecule has 0 aromatic heterocycles. The van der Waals surface area contributed by atoms with Crippen LogP contribution in [0.1, 0.15) is 74.8 Å². The number of aliphatic imine (C=N–C) groups is 1. The first-order valence-electron chi connectivity index (χ1n) is 15.6. The van der Waals surface area contributed by atoms with E-state index in [0.717, 1.165) is 5.57 Å². The average Bonchev–Trinajstić information content (AvgIpc) is 3.08. The largest absolute Gasteiger partial charge is 0.374 e. The number of fused-ring (bicyclic) bond motifs is 1. The average molecular weight is 675 g/mol. The van der Waals surface area contributed by atoms with Gasteiger partial charge in [-0.3, -0.25) is 4.99 Å². The number of hydrogen-bond donors (Lipinski definition) is 2. The van der Waals surface area contributed by atoms with Crippen molar-refractivity contribution in [3.63, 3.8) is 0 Å². The highest BCUT2D eigenvalue weighted by molar-refractivity contribution is 7.98. The van der Waals surface area contributed by atoms with Gasteiger partial charge in [0.2, 0.25) is 0 Å². The Labute approximate surface area is 275 Å². The number of benzene rings is 2. The highest BCUT2D eigenvalue weighted by Gasteiger charge is 2.35. The molecule has 3 aliphatic rings. The molecule has 0 saturated carbocycles. The molecule has 0 radical (unpaired) electrons. The molecular weight excluding hydrogens is 627 g/mol. The Bertz CT molecular complexity index is 1310. The Morgan fingerprint density at radius 3 is 1.89 bits per heavy atom. The van der Waals surface area contributed by atoms with Crippen molar-refractivity contribution in [2.24, 2.45) is 4.99 Å². The fourth-order valence-corrected chi connectivity index (χ4v) is 5.09. The zero-order chi connectivity index (χ0) is 34.9. The number of rotatable bonds is 5. The maximum absolute atomic E-state index is 14.4. The van der Waals surface area contributed by atoms with Crippen LogP contribution in [-0.4, -0.2) is 42.7 Å². The topological polar surface area (TPSA) is 39.7 Å². The molecule has 11 heteroatoms. The van der Waals surface area contributed by atoms with E-state index in [9.17, 15) is 22.0 Å². The number of anilines is 1. The normalized spacial score (nSPS) is 15.9. The van der Waals surface area contributed by atoms with Gasteiger partial charge >= 0.3 is 0 Å². The number of likely N-dealkylation sites (tertiary alicyclic amines) is 1. The molecule has 2 aliphatic heterocycles. The third-order valence-corrected chi connectivity index (χ3v) is 7.11. The van der Waals surface area contributed by atoms with E-state index in [1.54, 1.807) is 30.4 Å². The van der Waals surface area contributed by atoms with Gasteiger partial charge in [0, 0.05) is 34.8 Å². The quantitative estimate of drug-likeness (QED) is 0.188. The summed E-state index contributed by atoms with van der Waals surface area (Å²) in [4.78, 5) is 5.59. The van der Waals surface area contributed by atoms with Crippen molar-refractivity contribution in [2.75, 3.05) is 24.7 Å². The molecule has 1 fully saturated rings. The van der Waals surface area contributed by atoms with Crippen LogP contribution in [0.5, 0.6) is 0 Å². The van der Waals surface area contributed by atoms with Gasteiger partial charge in [-0.15, -0.1) is 11.8 Å². The van der Waals surface area contributed by atoms with Crippen molar-refractivity contribution in [2.45, 2.75) is 86.2 Å². The summed E-state index contributed by atoms with van der Waals surface area (Å²) in [6.07, 6.45) is 6.32. The highest BCUT2D eigenvalue weighted by Crippen LogP contribution is 2.38. The molecule has 2 N–H and O–H groups in total. The molecule has 2 aromatic carbocycles. The molecule has 5 rings (SSSR count). The number of hydrogen-bond acceptors (Lipinski definition) is 5. The predicted molar refractivity (Wildman–Crippen MR) is 185 cm³/mol. The fourth-order valence-electron chi connectivity index (χ4n) is 4.27. The Hall–Kier alpha value is -2.98. The summed E-state index contributed by atoms with van der Waals surface area (Å²) in [6.45, 7) is 20.6. The van der Waals surface area contributed by atoms with E-state index >= 15 is 0 Å². The number of allylic oxidation sites excluding steroid dienone is 2. The molecule has 0 spiro atoms. The molecule has 1 aliphatic carbocycles. The van der Waals surface area contributed by atoms with Crippen LogP contribution in [0.25, 0.3) is 5.57 Å². The van der Waals surface area contributed by atoms with Gasteiger partial charge in [-0.25, -0.2) is 22.0 Å². The number of halogens is 6. The minimum Gasteiger partial charge on any atom is -0.374 e. The molecule has 1 atom stereocenters. The van der Waals surface area contributed by atoms with E-state index in [1.807, 2.05) is 74.1 Å². The summed E-state index contributed by atoms with van der Waals surface area (Å²) in [7, 11) is 0. The summed E-state index contributed by atoms with van der Waals surface area (Å²) < 4.78 is 71.3. The summed E-state index contributed by atoms with van der Waals surface area (Å²) in [5.74, 6) is -5.47. The first kappa shape index (κ1) is 42.0. The zero-order valence-electron chi connectivity index (χ0n) is 28.2. The minimum absolute atomic E-state index is 0.300. The molecule has 4 nitrogen and oxygen atoms in total. The molecule has 1 saturated heterocycles. The highest BCUT2D eigenvalue weighted by atomic mass is 35.5. The van der Waals surface area contributed by atoms with Gasteiger partial charge in [0.1, 0.15) is 17.3 Å². The van der Waals surface area contributed by atoms with Crippen molar-refractivity contribution in [1.29, 1.82) is 0 Å². The van der Waals surface area contributed by atoms with Crippen LogP contribution in [0.15, 0.2) is 62.7 Å².